The Hall–Kier alpha value is -0.240. The third-order valence-electron chi connectivity index (χ3n) is 4.82. The van der Waals surface area contributed by atoms with Gasteiger partial charge in [0.15, 0.2) is 0 Å². The molecular weight excluding hydrogens is 289 g/mol. The maximum atomic E-state index is 5.96. The van der Waals surface area contributed by atoms with Crippen LogP contribution in [-0.2, 0) is 6.54 Å². The standard InChI is InChI=1S/C17H24ClN.ClH/c1-16(2)8-15-9-17(3,11-16)12-19(15)10-13-4-6-14(18)7-5-13;/h4-7,15H,8-12H2,1-3H3;1H/p-1. The van der Waals surface area contributed by atoms with Crippen molar-refractivity contribution in [3.05, 3.63) is 34.9 Å². The van der Waals surface area contributed by atoms with Crippen LogP contribution in [0.1, 0.15) is 45.6 Å². The highest BCUT2D eigenvalue weighted by Crippen LogP contribution is 2.52. The smallest absolute Gasteiger partial charge is 0.0406 e. The van der Waals surface area contributed by atoms with Crippen LogP contribution in [0.4, 0.5) is 0 Å². The van der Waals surface area contributed by atoms with Gasteiger partial charge < -0.3 is 12.4 Å². The minimum absolute atomic E-state index is 0. The van der Waals surface area contributed by atoms with E-state index in [0.29, 0.717) is 10.8 Å². The quantitative estimate of drug-likeness (QED) is 0.804. The summed E-state index contributed by atoms with van der Waals surface area (Å²) in [4.78, 5) is 2.69. The molecule has 2 bridgehead atoms. The summed E-state index contributed by atoms with van der Waals surface area (Å²) < 4.78 is 0. The molecule has 1 aromatic carbocycles. The maximum absolute atomic E-state index is 5.96. The van der Waals surface area contributed by atoms with E-state index in [-0.39, 0.29) is 12.4 Å². The molecule has 1 aliphatic heterocycles. The lowest BCUT2D eigenvalue weighted by atomic mass is 9.65. The van der Waals surface area contributed by atoms with Gasteiger partial charge in [-0.15, -0.1) is 0 Å². The van der Waals surface area contributed by atoms with Gasteiger partial charge in [0.25, 0.3) is 0 Å². The molecule has 20 heavy (non-hydrogen) atoms. The van der Waals surface area contributed by atoms with Crippen LogP contribution < -0.4 is 12.4 Å². The molecule has 0 radical (unpaired) electrons. The Bertz CT molecular complexity index is 468. The van der Waals surface area contributed by atoms with Gasteiger partial charge in [-0.05, 0) is 47.8 Å². The molecule has 3 rings (SSSR count). The molecule has 2 aliphatic rings. The summed E-state index contributed by atoms with van der Waals surface area (Å²) in [5, 5.41) is 0.831. The molecule has 0 N–H and O–H groups in total. The van der Waals surface area contributed by atoms with Gasteiger partial charge in [-0.3, -0.25) is 4.90 Å². The summed E-state index contributed by atoms with van der Waals surface area (Å²) in [5.74, 6) is 0. The fourth-order valence-electron chi connectivity index (χ4n) is 4.59. The van der Waals surface area contributed by atoms with Crippen LogP contribution in [0.2, 0.25) is 5.02 Å². The van der Waals surface area contributed by atoms with Gasteiger partial charge in [-0.2, -0.15) is 0 Å². The van der Waals surface area contributed by atoms with Crippen LogP contribution in [0.3, 0.4) is 0 Å². The maximum Gasteiger partial charge on any atom is 0.0406 e. The predicted molar refractivity (Wildman–Crippen MR) is 81.4 cm³/mol. The zero-order valence-corrected chi connectivity index (χ0v) is 14.1. The predicted octanol–water partition coefficient (Wildman–Crippen LogP) is 1.74. The van der Waals surface area contributed by atoms with Crippen LogP contribution in [0.25, 0.3) is 0 Å². The van der Waals surface area contributed by atoms with Crippen molar-refractivity contribution in [1.29, 1.82) is 0 Å². The molecule has 3 heteroatoms. The molecule has 0 spiro atoms. The first kappa shape index (κ1) is 16.1. The normalized spacial score (nSPS) is 31.9. The van der Waals surface area contributed by atoms with Crippen molar-refractivity contribution in [1.82, 2.24) is 4.90 Å². The highest BCUT2D eigenvalue weighted by Gasteiger charge is 2.49. The molecule has 1 aliphatic carbocycles. The van der Waals surface area contributed by atoms with E-state index in [2.05, 4.69) is 37.8 Å². The lowest BCUT2D eigenvalue weighted by Crippen LogP contribution is -3.00. The van der Waals surface area contributed by atoms with Gasteiger partial charge in [-0.25, -0.2) is 0 Å². The van der Waals surface area contributed by atoms with E-state index in [1.165, 1.54) is 31.4 Å². The number of fused-ring (bicyclic) bond motifs is 2. The summed E-state index contributed by atoms with van der Waals surface area (Å²) in [6, 6.07) is 9.11. The van der Waals surface area contributed by atoms with Crippen molar-refractivity contribution in [2.24, 2.45) is 10.8 Å². The number of halogens is 2. The average molecular weight is 313 g/mol. The second-order valence-corrected chi connectivity index (χ2v) is 8.18. The summed E-state index contributed by atoms with van der Waals surface area (Å²) in [6.07, 6.45) is 4.09. The Morgan fingerprint density at radius 1 is 1.15 bits per heavy atom. The van der Waals surface area contributed by atoms with Crippen molar-refractivity contribution in [3.8, 4) is 0 Å². The molecule has 1 heterocycles. The van der Waals surface area contributed by atoms with E-state index >= 15 is 0 Å². The zero-order chi connectivity index (χ0) is 13.7. The Morgan fingerprint density at radius 2 is 1.80 bits per heavy atom. The van der Waals surface area contributed by atoms with Crippen molar-refractivity contribution in [2.75, 3.05) is 6.54 Å². The molecule has 0 amide bonds. The van der Waals surface area contributed by atoms with Crippen molar-refractivity contribution >= 4 is 11.6 Å². The van der Waals surface area contributed by atoms with E-state index < -0.39 is 0 Å². The minimum Gasteiger partial charge on any atom is -1.00 e. The number of hydrogen-bond donors (Lipinski definition) is 0. The van der Waals surface area contributed by atoms with Crippen LogP contribution >= 0.6 is 11.6 Å². The SMILES string of the molecule is CC1(C)CC2CC(C)(CN2Cc2ccc(Cl)cc2)C1.[Cl-]. The number of hydrogen-bond acceptors (Lipinski definition) is 1. The topological polar surface area (TPSA) is 3.24 Å². The van der Waals surface area contributed by atoms with E-state index in [9.17, 15) is 0 Å². The van der Waals surface area contributed by atoms with Crippen molar-refractivity contribution in [3.63, 3.8) is 0 Å². The first-order valence-electron chi connectivity index (χ1n) is 7.34. The second kappa shape index (κ2) is 5.51. The number of rotatable bonds is 2. The lowest BCUT2D eigenvalue weighted by Gasteiger charge is -2.40. The molecule has 112 valence electrons. The van der Waals surface area contributed by atoms with E-state index in [0.717, 1.165) is 17.6 Å². The van der Waals surface area contributed by atoms with Crippen molar-refractivity contribution in [2.45, 2.75) is 52.6 Å². The van der Waals surface area contributed by atoms with Gasteiger partial charge in [-0.1, -0.05) is 44.5 Å². The van der Waals surface area contributed by atoms with Crippen LogP contribution in [0, 0.1) is 10.8 Å². The van der Waals surface area contributed by atoms with Crippen LogP contribution in [0.15, 0.2) is 24.3 Å². The number of likely N-dealkylation sites (tertiary alicyclic amines) is 1. The summed E-state index contributed by atoms with van der Waals surface area (Å²) >= 11 is 5.96. The Balaban J connectivity index is 0.00000147. The van der Waals surface area contributed by atoms with E-state index in [4.69, 9.17) is 11.6 Å². The third-order valence-corrected chi connectivity index (χ3v) is 5.07. The summed E-state index contributed by atoms with van der Waals surface area (Å²) in [5.41, 5.74) is 2.42. The zero-order valence-electron chi connectivity index (χ0n) is 12.6. The van der Waals surface area contributed by atoms with Gasteiger partial charge in [0.1, 0.15) is 0 Å². The Labute approximate surface area is 134 Å². The van der Waals surface area contributed by atoms with Crippen LogP contribution in [0.5, 0.6) is 0 Å². The van der Waals surface area contributed by atoms with Gasteiger partial charge >= 0.3 is 0 Å². The molecule has 1 nitrogen and oxygen atoms in total. The van der Waals surface area contributed by atoms with Crippen molar-refractivity contribution < 1.29 is 12.4 Å². The Morgan fingerprint density at radius 3 is 2.45 bits per heavy atom. The van der Waals surface area contributed by atoms with Crippen LogP contribution in [-0.4, -0.2) is 17.5 Å². The molecular formula is C17H24Cl2N-. The highest BCUT2D eigenvalue weighted by atomic mass is 35.5. The fraction of sp³-hybridized carbons (Fsp3) is 0.647. The average Bonchev–Trinajstić information content (AvgIpc) is 2.51. The fourth-order valence-corrected chi connectivity index (χ4v) is 4.71. The molecule has 0 aromatic heterocycles. The minimum atomic E-state index is 0. The first-order chi connectivity index (χ1) is 8.85. The second-order valence-electron chi connectivity index (χ2n) is 7.75. The Kier molecular flexibility index (Phi) is 4.45. The largest absolute Gasteiger partial charge is 1.00 e. The molecule has 1 saturated carbocycles. The number of benzene rings is 1. The number of nitrogens with zero attached hydrogens (tertiary/aromatic N) is 1. The van der Waals surface area contributed by atoms with E-state index in [1.807, 2.05) is 12.1 Å². The summed E-state index contributed by atoms with van der Waals surface area (Å²) in [6.45, 7) is 9.67. The molecule has 2 atom stereocenters. The first-order valence-corrected chi connectivity index (χ1v) is 7.72. The third kappa shape index (κ3) is 3.32. The van der Waals surface area contributed by atoms with Gasteiger partial charge in [0, 0.05) is 24.2 Å². The van der Waals surface area contributed by atoms with Gasteiger partial charge in [0.05, 0.1) is 0 Å². The van der Waals surface area contributed by atoms with E-state index in [1.54, 1.807) is 0 Å². The molecule has 2 fully saturated rings. The highest BCUT2D eigenvalue weighted by molar-refractivity contribution is 6.30. The molecule has 1 aromatic rings. The summed E-state index contributed by atoms with van der Waals surface area (Å²) in [7, 11) is 0. The monoisotopic (exact) mass is 312 g/mol. The lowest BCUT2D eigenvalue weighted by molar-refractivity contribution is -0.00000650. The molecule has 1 saturated heterocycles. The molecule has 2 unspecified atom stereocenters. The van der Waals surface area contributed by atoms with Gasteiger partial charge in [0.2, 0.25) is 0 Å².